The summed E-state index contributed by atoms with van der Waals surface area (Å²) in [7, 11) is 2.74. The number of hydrogen-bond donors (Lipinski definition) is 2. The van der Waals surface area contributed by atoms with Crippen LogP contribution in [-0.4, -0.2) is 70.7 Å². The van der Waals surface area contributed by atoms with Crippen LogP contribution in [0.5, 0.6) is 5.75 Å². The molecule has 0 aliphatic heterocycles. The van der Waals surface area contributed by atoms with Crippen molar-refractivity contribution in [2.75, 3.05) is 24.9 Å². The lowest BCUT2D eigenvalue weighted by Crippen LogP contribution is -2.33. The molecule has 314 valence electrons. The quantitative estimate of drug-likeness (QED) is 0.0413. The molecule has 0 radical (unpaired) electrons. The Balaban J connectivity index is 0.000000236. The fraction of sp³-hybridized carbons (Fsp3) is 0.143. The van der Waals surface area contributed by atoms with Crippen molar-refractivity contribution >= 4 is 36.1 Å². The number of nitrogens with one attached hydrogen (secondary N) is 2. The van der Waals surface area contributed by atoms with Crippen molar-refractivity contribution in [1.29, 1.82) is 0 Å². The maximum atomic E-state index is 12.3. The lowest BCUT2D eigenvalue weighted by molar-refractivity contribution is -0.142. The Hall–Kier alpha value is -8.06. The Morgan fingerprint density at radius 3 is 1.42 bits per heavy atom. The molecule has 0 saturated heterocycles. The lowest BCUT2D eigenvalue weighted by Gasteiger charge is -2.17. The molecule has 13 heteroatoms. The van der Waals surface area contributed by atoms with E-state index in [4.69, 9.17) is 14.3 Å². The summed E-state index contributed by atoms with van der Waals surface area (Å²) in [4.78, 5) is 57.8. The van der Waals surface area contributed by atoms with Gasteiger partial charge in [0.2, 0.25) is 0 Å². The number of carbonyl (C=O) groups excluding carboxylic acids is 3. The number of anilines is 2. The van der Waals surface area contributed by atoms with E-state index in [-0.39, 0.29) is 19.4 Å². The van der Waals surface area contributed by atoms with E-state index in [1.807, 2.05) is 133 Å². The summed E-state index contributed by atoms with van der Waals surface area (Å²) in [6, 6.07) is 46.1. The molecule has 2 unspecified atom stereocenters. The summed E-state index contributed by atoms with van der Waals surface area (Å²) >= 11 is 0. The molecule has 13 nitrogen and oxygen atoms in total. The van der Waals surface area contributed by atoms with E-state index in [0.29, 0.717) is 41.5 Å². The molecule has 7 rings (SSSR count). The molecule has 0 fully saturated rings. The average Bonchev–Trinajstić information content (AvgIpc) is 3.32. The van der Waals surface area contributed by atoms with Crippen molar-refractivity contribution < 1.29 is 28.7 Å². The average molecular weight is 830 g/mol. The zero-order valence-electron chi connectivity index (χ0n) is 33.5. The van der Waals surface area contributed by atoms with Gasteiger partial charge in [0.05, 0.1) is 31.8 Å². The molecule has 0 bridgehead atoms. The van der Waals surface area contributed by atoms with Crippen molar-refractivity contribution in [1.82, 2.24) is 19.9 Å². The van der Waals surface area contributed by atoms with Crippen molar-refractivity contribution in [2.45, 2.75) is 32.4 Å². The monoisotopic (exact) mass is 829 g/mol. The maximum Gasteiger partial charge on any atom is 0.328 e. The van der Waals surface area contributed by atoms with Crippen molar-refractivity contribution in [3.63, 3.8) is 0 Å². The van der Waals surface area contributed by atoms with Crippen LogP contribution in [0.3, 0.4) is 0 Å². The molecule has 0 spiro atoms. The lowest BCUT2D eigenvalue weighted by atomic mass is 10.1. The Labute approximate surface area is 360 Å². The molecule has 5 aromatic carbocycles. The van der Waals surface area contributed by atoms with E-state index >= 15 is 0 Å². The normalized spacial score (nSPS) is 11.4. The molecule has 2 aromatic heterocycles. The Morgan fingerprint density at radius 2 is 1.00 bits per heavy atom. The standard InChI is InChI=1S/C27H24N4O3.C21H19N3O3.CH4/c1-33-27(32)25(16-20-8-4-2-5-9-20)31-26-17-24(28-19-29-26)22-14-12-21(13-15-22)18-30-34-23-10-6-3-7-11-23;1-27-21(26)19(11-15-5-3-2-4-6-15)24-20-12-18(22-14-23-20)17-9-7-16(13-25)8-10-17;/h2-15,17-19,25H,16H2,1H3,(H,28,29,31);2-10,12-14,19H,11H2,1H3,(H,22,23,24);1H4/b30-18+;;. The summed E-state index contributed by atoms with van der Waals surface area (Å²) < 4.78 is 9.90. The highest BCUT2D eigenvalue weighted by atomic mass is 16.6. The smallest absolute Gasteiger partial charge is 0.328 e. The number of esters is 2. The minimum Gasteiger partial charge on any atom is -0.467 e. The highest BCUT2D eigenvalue weighted by Gasteiger charge is 2.22. The highest BCUT2D eigenvalue weighted by molar-refractivity contribution is 5.82. The minimum absolute atomic E-state index is 0. The van der Waals surface area contributed by atoms with E-state index in [2.05, 4.69) is 35.7 Å². The summed E-state index contributed by atoms with van der Waals surface area (Å²) in [6.45, 7) is 0. The molecule has 0 amide bonds. The number of methoxy groups -OCH3 is 2. The second-order valence-corrected chi connectivity index (χ2v) is 13.4. The van der Waals surface area contributed by atoms with Crippen molar-refractivity contribution in [2.24, 2.45) is 5.16 Å². The van der Waals surface area contributed by atoms with Gasteiger partial charge < -0.3 is 24.9 Å². The summed E-state index contributed by atoms with van der Waals surface area (Å²) in [5.41, 5.74) is 6.69. The number of carbonyl (C=O) groups is 3. The maximum absolute atomic E-state index is 12.3. The molecular formula is C49H47N7O6. The third-order valence-corrected chi connectivity index (χ3v) is 9.17. The predicted molar refractivity (Wildman–Crippen MR) is 241 cm³/mol. The van der Waals surface area contributed by atoms with Gasteiger partial charge in [0, 0.05) is 41.7 Å². The van der Waals surface area contributed by atoms with Gasteiger partial charge in [-0.25, -0.2) is 29.5 Å². The molecule has 7 aromatic rings. The van der Waals surface area contributed by atoms with Crippen LogP contribution in [0.25, 0.3) is 22.5 Å². The second-order valence-electron chi connectivity index (χ2n) is 13.4. The highest BCUT2D eigenvalue weighted by Crippen LogP contribution is 2.22. The summed E-state index contributed by atoms with van der Waals surface area (Å²) in [5.74, 6) is 1.01. The van der Waals surface area contributed by atoms with Gasteiger partial charge in [-0.3, -0.25) is 4.79 Å². The number of hydrogen-bond acceptors (Lipinski definition) is 13. The number of nitrogens with zero attached hydrogens (tertiary/aromatic N) is 5. The largest absolute Gasteiger partial charge is 0.467 e. The summed E-state index contributed by atoms with van der Waals surface area (Å²) in [5, 5.41) is 10.3. The molecule has 0 aliphatic carbocycles. The van der Waals surface area contributed by atoms with Gasteiger partial charge in [-0.05, 0) is 28.8 Å². The number of ether oxygens (including phenoxy) is 2. The van der Waals surface area contributed by atoms with E-state index < -0.39 is 12.1 Å². The van der Waals surface area contributed by atoms with Crippen LogP contribution >= 0.6 is 0 Å². The first-order valence-corrected chi connectivity index (χ1v) is 19.2. The van der Waals surface area contributed by atoms with Crippen LogP contribution in [0.1, 0.15) is 34.5 Å². The molecule has 2 atom stereocenters. The molecular weight excluding hydrogens is 783 g/mol. The number of oxime groups is 1. The van der Waals surface area contributed by atoms with Crippen LogP contribution in [0, 0.1) is 0 Å². The summed E-state index contributed by atoms with van der Waals surface area (Å²) in [6.07, 6.45) is 6.29. The number of aromatic nitrogens is 4. The van der Waals surface area contributed by atoms with Gasteiger partial charge in [0.15, 0.2) is 5.75 Å². The van der Waals surface area contributed by atoms with Gasteiger partial charge >= 0.3 is 11.9 Å². The van der Waals surface area contributed by atoms with Gasteiger partial charge in [-0.2, -0.15) is 0 Å². The Morgan fingerprint density at radius 1 is 0.581 bits per heavy atom. The predicted octanol–water partition coefficient (Wildman–Crippen LogP) is 8.54. The molecule has 2 N–H and O–H groups in total. The van der Waals surface area contributed by atoms with E-state index in [9.17, 15) is 14.4 Å². The SMILES string of the molecule is C.COC(=O)C(Cc1ccccc1)Nc1cc(-c2ccc(/C=N/Oc3ccccc3)cc2)ncn1.COC(=O)C(Cc1ccccc1)Nc1cc(-c2ccc(C=O)cc2)ncn1. The van der Waals surface area contributed by atoms with Crippen LogP contribution in [0.4, 0.5) is 11.6 Å². The molecule has 0 aliphatic rings. The van der Waals surface area contributed by atoms with Crippen molar-refractivity contribution in [3.05, 3.63) is 187 Å². The van der Waals surface area contributed by atoms with E-state index in [1.54, 1.807) is 24.4 Å². The van der Waals surface area contributed by atoms with Crippen LogP contribution in [-0.2, 0) is 31.9 Å². The first-order chi connectivity index (χ1) is 29.9. The zero-order valence-corrected chi connectivity index (χ0v) is 33.5. The van der Waals surface area contributed by atoms with Crippen molar-refractivity contribution in [3.8, 4) is 28.3 Å². The van der Waals surface area contributed by atoms with E-state index in [1.165, 1.54) is 26.9 Å². The topological polar surface area (TPSA) is 167 Å². The Bertz CT molecular complexity index is 2490. The second kappa shape index (κ2) is 23.5. The third kappa shape index (κ3) is 13.5. The van der Waals surface area contributed by atoms with Crippen LogP contribution in [0.15, 0.2) is 169 Å². The van der Waals surface area contributed by atoms with Crippen LogP contribution < -0.4 is 15.5 Å². The Kier molecular flexibility index (Phi) is 17.1. The van der Waals surface area contributed by atoms with Gasteiger partial charge in [-0.15, -0.1) is 0 Å². The number of rotatable bonds is 16. The molecule has 2 heterocycles. The fourth-order valence-electron chi connectivity index (χ4n) is 6.02. The van der Waals surface area contributed by atoms with E-state index in [0.717, 1.165) is 39.8 Å². The first-order valence-electron chi connectivity index (χ1n) is 19.2. The fourth-order valence-corrected chi connectivity index (χ4v) is 6.02. The molecule has 62 heavy (non-hydrogen) atoms. The van der Waals surface area contributed by atoms with Crippen LogP contribution in [0.2, 0.25) is 0 Å². The minimum atomic E-state index is -0.572. The van der Waals surface area contributed by atoms with Gasteiger partial charge in [-0.1, -0.05) is 140 Å². The van der Waals surface area contributed by atoms with Gasteiger partial charge in [0.1, 0.15) is 42.7 Å². The molecule has 0 saturated carbocycles. The zero-order chi connectivity index (χ0) is 42.7. The third-order valence-electron chi connectivity index (χ3n) is 9.17. The number of benzene rings is 5. The number of para-hydroxylation sites is 1. The first kappa shape index (κ1) is 45.0. The van der Waals surface area contributed by atoms with Gasteiger partial charge in [0.25, 0.3) is 0 Å². The number of aldehydes is 1.